The highest BCUT2D eigenvalue weighted by atomic mass is 32.1. The number of benzene rings is 2. The molecule has 5 rings (SSSR count). The van der Waals surface area contributed by atoms with Crippen molar-refractivity contribution < 1.29 is 18.0 Å². The maximum atomic E-state index is 15.6. The van der Waals surface area contributed by atoms with Crippen LogP contribution < -0.4 is 21.3 Å². The van der Waals surface area contributed by atoms with Crippen molar-refractivity contribution in [2.45, 2.75) is 20.0 Å². The van der Waals surface area contributed by atoms with Gasteiger partial charge in [0.05, 0.1) is 11.2 Å². The molecule has 216 valence electrons. The number of nitrogens with zero attached hydrogens (tertiary/aromatic N) is 4. The Kier molecular flexibility index (Phi) is 8.78. The lowest BCUT2D eigenvalue weighted by Gasteiger charge is -2.17. The number of fused-ring (bicyclic) bond motifs is 1. The summed E-state index contributed by atoms with van der Waals surface area (Å²) in [5.74, 6) is -5.01. The zero-order valence-electron chi connectivity index (χ0n) is 22.6. The molecule has 43 heavy (non-hydrogen) atoms. The molecule has 1 amide bonds. The number of aliphatic imine (C=N–C) groups is 1. The van der Waals surface area contributed by atoms with Gasteiger partial charge < -0.3 is 21.3 Å². The van der Waals surface area contributed by atoms with E-state index in [2.05, 4.69) is 36.2 Å². The topological polar surface area (TPSA) is 127 Å². The molecule has 0 aliphatic heterocycles. The molecular weight excluding hydrogens is 577 g/mol. The van der Waals surface area contributed by atoms with Crippen LogP contribution in [0.3, 0.4) is 0 Å². The molecule has 0 saturated heterocycles. The SMILES string of the molecule is Cc1c(F)c(NC(=O)c2sccc2NCc2ccnc3ccccc23)c(F)c(NC(=NC#N)NCc2cccnc2)c1F. The van der Waals surface area contributed by atoms with E-state index in [9.17, 15) is 4.79 Å². The molecule has 0 atom stereocenters. The summed E-state index contributed by atoms with van der Waals surface area (Å²) in [5.41, 5.74) is 0.725. The second kappa shape index (κ2) is 13.0. The molecule has 0 aliphatic rings. The van der Waals surface area contributed by atoms with Gasteiger partial charge in [-0.15, -0.1) is 16.3 Å². The second-order valence-electron chi connectivity index (χ2n) is 9.18. The molecule has 0 saturated carbocycles. The maximum absolute atomic E-state index is 15.6. The van der Waals surface area contributed by atoms with E-state index in [1.165, 1.54) is 0 Å². The number of nitrogens with one attached hydrogen (secondary N) is 4. The Morgan fingerprint density at radius 1 is 0.977 bits per heavy atom. The van der Waals surface area contributed by atoms with Gasteiger partial charge in [0.2, 0.25) is 12.2 Å². The van der Waals surface area contributed by atoms with E-state index in [1.54, 1.807) is 48.4 Å². The predicted molar refractivity (Wildman–Crippen MR) is 160 cm³/mol. The zero-order valence-corrected chi connectivity index (χ0v) is 23.4. The number of amides is 1. The van der Waals surface area contributed by atoms with Crippen molar-refractivity contribution in [1.82, 2.24) is 15.3 Å². The molecule has 0 fully saturated rings. The minimum Gasteiger partial charge on any atom is -0.380 e. The highest BCUT2D eigenvalue weighted by Crippen LogP contribution is 2.34. The van der Waals surface area contributed by atoms with Gasteiger partial charge in [-0.3, -0.25) is 14.8 Å². The summed E-state index contributed by atoms with van der Waals surface area (Å²) < 4.78 is 45.8. The largest absolute Gasteiger partial charge is 0.380 e. The molecule has 0 unspecified atom stereocenters. The van der Waals surface area contributed by atoms with Crippen LogP contribution in [0.15, 0.2) is 77.5 Å². The van der Waals surface area contributed by atoms with Crippen LogP contribution in [0.1, 0.15) is 26.4 Å². The highest BCUT2D eigenvalue weighted by Gasteiger charge is 2.26. The fourth-order valence-electron chi connectivity index (χ4n) is 4.27. The molecule has 0 radical (unpaired) electrons. The van der Waals surface area contributed by atoms with Crippen LogP contribution in [0.4, 0.5) is 30.2 Å². The van der Waals surface area contributed by atoms with Crippen molar-refractivity contribution in [3.8, 4) is 6.19 Å². The minimum absolute atomic E-state index is 0.123. The van der Waals surface area contributed by atoms with Crippen LogP contribution in [0.5, 0.6) is 0 Å². The van der Waals surface area contributed by atoms with E-state index in [0.29, 0.717) is 17.8 Å². The van der Waals surface area contributed by atoms with Gasteiger partial charge in [0, 0.05) is 42.6 Å². The molecular formula is C30H23F3N8OS. The molecule has 3 heterocycles. The Labute approximate surface area is 248 Å². The molecule has 9 nitrogen and oxygen atoms in total. The standard InChI is InChI=1S/C30H23F3N8OS/c1-17-23(31)26(25(33)27(24(17)32)41-30(39-16-34)38-14-18-5-4-10-35-13-18)40-29(42)28-22(9-12-43-28)37-15-19-8-11-36-21-7-3-2-6-20(19)21/h2-13,37H,14-15H2,1H3,(H,40,42)(H2,38,39,41). The Hall–Kier alpha value is -5.48. The lowest BCUT2D eigenvalue weighted by molar-refractivity contribution is 0.103. The van der Waals surface area contributed by atoms with Gasteiger partial charge in [0.25, 0.3) is 5.91 Å². The van der Waals surface area contributed by atoms with Crippen LogP contribution in [-0.2, 0) is 13.1 Å². The van der Waals surface area contributed by atoms with Crippen molar-refractivity contribution in [3.05, 3.63) is 112 Å². The Balaban J connectivity index is 1.36. The zero-order chi connectivity index (χ0) is 30.3. The summed E-state index contributed by atoms with van der Waals surface area (Å²) in [6.07, 6.45) is 6.37. The van der Waals surface area contributed by atoms with Gasteiger partial charge in [-0.2, -0.15) is 5.26 Å². The Bertz CT molecular complexity index is 1870. The number of nitriles is 1. The first kappa shape index (κ1) is 29.0. The number of anilines is 3. The molecule has 13 heteroatoms. The van der Waals surface area contributed by atoms with Gasteiger partial charge in [-0.25, -0.2) is 13.2 Å². The summed E-state index contributed by atoms with van der Waals surface area (Å²) in [5, 5.41) is 22.3. The average molecular weight is 601 g/mol. The van der Waals surface area contributed by atoms with Crippen molar-refractivity contribution in [2.75, 3.05) is 16.0 Å². The van der Waals surface area contributed by atoms with Crippen LogP contribution in [-0.4, -0.2) is 21.8 Å². The van der Waals surface area contributed by atoms with Gasteiger partial charge in [0.15, 0.2) is 17.5 Å². The van der Waals surface area contributed by atoms with Crippen LogP contribution in [0.2, 0.25) is 0 Å². The molecule has 2 aromatic carbocycles. The summed E-state index contributed by atoms with van der Waals surface area (Å²) in [6, 6.07) is 14.6. The molecule has 4 N–H and O–H groups in total. The molecule has 0 spiro atoms. The van der Waals surface area contributed by atoms with E-state index in [0.717, 1.165) is 34.7 Å². The summed E-state index contributed by atoms with van der Waals surface area (Å²) in [6.45, 7) is 1.59. The van der Waals surface area contributed by atoms with E-state index >= 15 is 13.2 Å². The molecule has 0 bridgehead atoms. The number of hydrogen-bond donors (Lipinski definition) is 4. The number of halogens is 3. The lowest BCUT2D eigenvalue weighted by atomic mass is 10.1. The monoisotopic (exact) mass is 600 g/mol. The van der Waals surface area contributed by atoms with E-state index in [4.69, 9.17) is 5.26 Å². The number of hydrogen-bond acceptors (Lipinski definition) is 7. The van der Waals surface area contributed by atoms with Gasteiger partial charge >= 0.3 is 0 Å². The Morgan fingerprint density at radius 2 is 1.77 bits per heavy atom. The van der Waals surface area contributed by atoms with Crippen molar-refractivity contribution in [3.63, 3.8) is 0 Å². The normalized spacial score (nSPS) is 11.2. The number of pyridine rings is 2. The number of carbonyl (C=O) groups excluding carboxylic acids is 1. The Morgan fingerprint density at radius 3 is 2.53 bits per heavy atom. The first-order valence-corrected chi connectivity index (χ1v) is 13.7. The van der Waals surface area contributed by atoms with Gasteiger partial charge in [0.1, 0.15) is 16.3 Å². The quantitative estimate of drug-likeness (QED) is 0.0933. The van der Waals surface area contributed by atoms with Crippen molar-refractivity contribution in [2.24, 2.45) is 4.99 Å². The third kappa shape index (κ3) is 6.39. The number of rotatable bonds is 8. The molecule has 0 aliphatic carbocycles. The maximum Gasteiger partial charge on any atom is 0.268 e. The third-order valence-corrected chi connectivity index (χ3v) is 7.36. The third-order valence-electron chi connectivity index (χ3n) is 6.44. The van der Waals surface area contributed by atoms with E-state index in [1.807, 2.05) is 30.3 Å². The van der Waals surface area contributed by atoms with Crippen molar-refractivity contribution >= 4 is 51.2 Å². The summed E-state index contributed by atoms with van der Waals surface area (Å²) in [4.78, 5) is 25.2. The van der Waals surface area contributed by atoms with E-state index < -0.39 is 40.3 Å². The van der Waals surface area contributed by atoms with Gasteiger partial charge in [-0.05, 0) is 47.7 Å². The number of para-hydroxylation sites is 1. The van der Waals surface area contributed by atoms with E-state index in [-0.39, 0.29) is 17.4 Å². The minimum atomic E-state index is -1.41. The second-order valence-corrected chi connectivity index (χ2v) is 10.1. The molecule has 3 aromatic heterocycles. The fourth-order valence-corrected chi connectivity index (χ4v) is 5.04. The smallest absolute Gasteiger partial charge is 0.268 e. The first-order chi connectivity index (χ1) is 20.9. The van der Waals surface area contributed by atoms with Crippen molar-refractivity contribution in [1.29, 1.82) is 5.26 Å². The van der Waals surface area contributed by atoms with Crippen LogP contribution in [0.25, 0.3) is 10.9 Å². The highest BCUT2D eigenvalue weighted by molar-refractivity contribution is 7.12. The lowest BCUT2D eigenvalue weighted by Crippen LogP contribution is -2.31. The predicted octanol–water partition coefficient (Wildman–Crippen LogP) is 6.32. The fraction of sp³-hybridized carbons (Fsp3) is 0.100. The number of guanidine groups is 1. The van der Waals surface area contributed by atoms with Crippen LogP contribution in [0, 0.1) is 35.8 Å². The first-order valence-electron chi connectivity index (χ1n) is 12.9. The number of aromatic nitrogens is 2. The number of thiophene rings is 1. The summed E-state index contributed by atoms with van der Waals surface area (Å²) in [7, 11) is 0. The van der Waals surface area contributed by atoms with Gasteiger partial charge in [-0.1, -0.05) is 24.3 Å². The summed E-state index contributed by atoms with van der Waals surface area (Å²) >= 11 is 1.07. The number of carbonyl (C=O) groups is 1. The average Bonchev–Trinajstić information content (AvgIpc) is 3.51. The molecule has 5 aromatic rings. The van der Waals surface area contributed by atoms with Crippen LogP contribution >= 0.6 is 11.3 Å².